The van der Waals surface area contributed by atoms with Gasteiger partial charge in [0, 0.05) is 30.9 Å². The number of carbonyl (C=O) groups is 1. The van der Waals surface area contributed by atoms with Crippen LogP contribution in [-0.4, -0.2) is 25.6 Å². The lowest BCUT2D eigenvalue weighted by atomic mass is 9.87. The van der Waals surface area contributed by atoms with Gasteiger partial charge in [-0.2, -0.15) is 0 Å². The van der Waals surface area contributed by atoms with Gasteiger partial charge < -0.3 is 15.0 Å². The topological polar surface area (TPSA) is 41.6 Å². The number of carbonyl (C=O) groups excluding carboxylic acids is 1. The molecule has 0 aromatic heterocycles. The molecule has 0 atom stereocenters. The predicted octanol–water partition coefficient (Wildman–Crippen LogP) is 5.63. The highest BCUT2D eigenvalue weighted by Crippen LogP contribution is 2.24. The zero-order valence-electron chi connectivity index (χ0n) is 17.9. The molecule has 28 heavy (non-hydrogen) atoms. The van der Waals surface area contributed by atoms with E-state index in [9.17, 15) is 4.79 Å². The van der Waals surface area contributed by atoms with Crippen molar-refractivity contribution in [2.24, 2.45) is 0 Å². The van der Waals surface area contributed by atoms with Crippen molar-refractivity contribution in [3.05, 3.63) is 54.1 Å². The first-order chi connectivity index (χ1) is 13.3. The van der Waals surface area contributed by atoms with Crippen molar-refractivity contribution in [3.63, 3.8) is 0 Å². The molecular formula is C24H34N2O2. The monoisotopic (exact) mass is 382 g/mol. The second-order valence-electron chi connectivity index (χ2n) is 7.99. The number of amides is 1. The van der Waals surface area contributed by atoms with Gasteiger partial charge in [0.15, 0.2) is 0 Å². The highest BCUT2D eigenvalue weighted by atomic mass is 16.5. The van der Waals surface area contributed by atoms with Crippen LogP contribution in [0.5, 0.6) is 5.75 Å². The van der Waals surface area contributed by atoms with Crippen LogP contribution in [0.1, 0.15) is 53.0 Å². The standard InChI is InChI=1S/C24H34N2O2/c1-6-26(7-2)21-14-12-20(13-15-21)25-23(27)9-8-18-28-22-16-10-19(11-17-22)24(3,4)5/h10-17H,6-9,18H2,1-5H3,(H,25,27). The van der Waals surface area contributed by atoms with Gasteiger partial charge in [-0.1, -0.05) is 32.9 Å². The van der Waals surface area contributed by atoms with Crippen LogP contribution in [0.2, 0.25) is 0 Å². The van der Waals surface area contributed by atoms with Crippen LogP contribution in [0.4, 0.5) is 11.4 Å². The van der Waals surface area contributed by atoms with E-state index in [4.69, 9.17) is 4.74 Å². The van der Waals surface area contributed by atoms with Gasteiger partial charge in [0.2, 0.25) is 5.91 Å². The van der Waals surface area contributed by atoms with Gasteiger partial charge >= 0.3 is 0 Å². The van der Waals surface area contributed by atoms with Crippen molar-refractivity contribution < 1.29 is 9.53 Å². The minimum Gasteiger partial charge on any atom is -0.494 e. The molecule has 2 aromatic carbocycles. The first-order valence-electron chi connectivity index (χ1n) is 10.2. The van der Waals surface area contributed by atoms with Crippen molar-refractivity contribution in [3.8, 4) is 5.75 Å². The molecule has 1 amide bonds. The van der Waals surface area contributed by atoms with Crippen LogP contribution >= 0.6 is 0 Å². The van der Waals surface area contributed by atoms with Crippen LogP contribution in [0.25, 0.3) is 0 Å². The lowest BCUT2D eigenvalue weighted by molar-refractivity contribution is -0.116. The maximum absolute atomic E-state index is 12.1. The molecule has 0 spiro atoms. The summed E-state index contributed by atoms with van der Waals surface area (Å²) in [6.45, 7) is 13.3. The Kier molecular flexibility index (Phi) is 7.91. The smallest absolute Gasteiger partial charge is 0.224 e. The Balaban J connectivity index is 1.72. The SMILES string of the molecule is CCN(CC)c1ccc(NC(=O)CCCOc2ccc(C(C)(C)C)cc2)cc1. The average molecular weight is 383 g/mol. The molecule has 0 saturated carbocycles. The average Bonchev–Trinajstić information content (AvgIpc) is 2.67. The van der Waals surface area contributed by atoms with Crippen LogP contribution in [-0.2, 0) is 10.2 Å². The van der Waals surface area contributed by atoms with Crippen LogP contribution in [0, 0.1) is 0 Å². The van der Waals surface area contributed by atoms with Gasteiger partial charge in [0.1, 0.15) is 5.75 Å². The van der Waals surface area contributed by atoms with Crippen molar-refractivity contribution in [2.75, 3.05) is 29.9 Å². The molecule has 152 valence electrons. The molecule has 0 aliphatic rings. The third kappa shape index (κ3) is 6.59. The Morgan fingerprint density at radius 3 is 2.11 bits per heavy atom. The van der Waals surface area contributed by atoms with Gasteiger partial charge in [-0.3, -0.25) is 4.79 Å². The largest absolute Gasteiger partial charge is 0.494 e. The van der Waals surface area contributed by atoms with Crippen molar-refractivity contribution in [2.45, 2.75) is 52.9 Å². The molecule has 4 heteroatoms. The maximum atomic E-state index is 12.1. The number of nitrogens with one attached hydrogen (secondary N) is 1. The molecule has 0 heterocycles. The summed E-state index contributed by atoms with van der Waals surface area (Å²) in [5.74, 6) is 0.864. The summed E-state index contributed by atoms with van der Waals surface area (Å²) in [5, 5.41) is 2.95. The fourth-order valence-corrected chi connectivity index (χ4v) is 3.04. The minimum atomic E-state index is 0.0160. The third-order valence-electron chi connectivity index (χ3n) is 4.82. The Morgan fingerprint density at radius 1 is 0.964 bits per heavy atom. The summed E-state index contributed by atoms with van der Waals surface area (Å²) in [6, 6.07) is 16.2. The highest BCUT2D eigenvalue weighted by Gasteiger charge is 2.13. The molecule has 0 unspecified atom stereocenters. The molecule has 0 saturated heterocycles. The number of ether oxygens (including phenoxy) is 1. The van der Waals surface area contributed by atoms with Gasteiger partial charge in [-0.15, -0.1) is 0 Å². The van der Waals surface area contributed by atoms with E-state index in [1.54, 1.807) is 0 Å². The van der Waals surface area contributed by atoms with E-state index in [0.29, 0.717) is 19.4 Å². The molecule has 1 N–H and O–H groups in total. The fourth-order valence-electron chi connectivity index (χ4n) is 3.04. The molecule has 0 fully saturated rings. The zero-order valence-corrected chi connectivity index (χ0v) is 17.9. The molecule has 0 bridgehead atoms. The second-order valence-corrected chi connectivity index (χ2v) is 7.99. The highest BCUT2D eigenvalue weighted by molar-refractivity contribution is 5.90. The van der Waals surface area contributed by atoms with Crippen LogP contribution in [0.3, 0.4) is 0 Å². The number of benzene rings is 2. The number of nitrogens with zero attached hydrogens (tertiary/aromatic N) is 1. The minimum absolute atomic E-state index is 0.0160. The number of rotatable bonds is 9. The molecule has 0 aliphatic carbocycles. The summed E-state index contributed by atoms with van der Waals surface area (Å²) < 4.78 is 5.76. The van der Waals surface area contributed by atoms with E-state index in [1.165, 1.54) is 11.3 Å². The summed E-state index contributed by atoms with van der Waals surface area (Å²) in [4.78, 5) is 14.4. The van der Waals surface area contributed by atoms with Crippen molar-refractivity contribution in [1.29, 1.82) is 0 Å². The van der Waals surface area contributed by atoms with E-state index in [2.05, 4.69) is 57.0 Å². The first kappa shape index (κ1) is 21.8. The van der Waals surface area contributed by atoms with Gasteiger partial charge in [0.05, 0.1) is 6.61 Å². The number of anilines is 2. The molecule has 0 aliphatic heterocycles. The molecule has 0 radical (unpaired) electrons. The summed E-state index contributed by atoms with van der Waals surface area (Å²) in [5.41, 5.74) is 3.43. The lowest BCUT2D eigenvalue weighted by Crippen LogP contribution is -2.21. The summed E-state index contributed by atoms with van der Waals surface area (Å²) in [6.07, 6.45) is 1.13. The van der Waals surface area contributed by atoms with E-state index in [1.807, 2.05) is 36.4 Å². The van der Waals surface area contributed by atoms with Crippen LogP contribution < -0.4 is 15.0 Å². The van der Waals surface area contributed by atoms with E-state index < -0.39 is 0 Å². The van der Waals surface area contributed by atoms with Crippen molar-refractivity contribution >= 4 is 17.3 Å². The van der Waals surface area contributed by atoms with Gasteiger partial charge in [-0.05, 0) is 67.6 Å². The molecule has 2 rings (SSSR count). The normalized spacial score (nSPS) is 11.2. The fraction of sp³-hybridized carbons (Fsp3) is 0.458. The van der Waals surface area contributed by atoms with E-state index >= 15 is 0 Å². The second kappa shape index (κ2) is 10.2. The van der Waals surface area contributed by atoms with E-state index in [-0.39, 0.29) is 11.3 Å². The summed E-state index contributed by atoms with van der Waals surface area (Å²) in [7, 11) is 0. The predicted molar refractivity (Wildman–Crippen MR) is 119 cm³/mol. The first-order valence-corrected chi connectivity index (χ1v) is 10.2. The Hall–Kier alpha value is -2.49. The van der Waals surface area contributed by atoms with E-state index in [0.717, 1.165) is 24.5 Å². The Bertz CT molecular complexity index is 727. The zero-order chi connectivity index (χ0) is 20.6. The summed E-state index contributed by atoms with van der Waals surface area (Å²) >= 11 is 0. The molecule has 4 nitrogen and oxygen atoms in total. The molecule has 2 aromatic rings. The number of hydrogen-bond acceptors (Lipinski definition) is 3. The molecular weight excluding hydrogens is 348 g/mol. The number of hydrogen-bond donors (Lipinski definition) is 1. The van der Waals surface area contributed by atoms with Gasteiger partial charge in [0.25, 0.3) is 0 Å². The van der Waals surface area contributed by atoms with Gasteiger partial charge in [-0.25, -0.2) is 0 Å². The quantitative estimate of drug-likeness (QED) is 0.572. The lowest BCUT2D eigenvalue weighted by Gasteiger charge is -2.21. The Labute approximate surface area is 169 Å². The van der Waals surface area contributed by atoms with Crippen LogP contribution in [0.15, 0.2) is 48.5 Å². The third-order valence-corrected chi connectivity index (χ3v) is 4.82. The van der Waals surface area contributed by atoms with Crippen molar-refractivity contribution in [1.82, 2.24) is 0 Å². The Morgan fingerprint density at radius 2 is 1.57 bits per heavy atom. The maximum Gasteiger partial charge on any atom is 0.224 e.